The van der Waals surface area contributed by atoms with E-state index in [4.69, 9.17) is 4.74 Å². The molecule has 5 nitrogen and oxygen atoms in total. The third kappa shape index (κ3) is 2.44. The maximum Gasteiger partial charge on any atom is 0.301 e. The number of aliphatic hydroxyl groups is 1. The molecule has 2 aromatic carbocycles. The molecule has 0 saturated carbocycles. The lowest BCUT2D eigenvalue weighted by molar-refractivity contribution is -0.121. The number of methoxy groups -OCH3 is 1. The van der Waals surface area contributed by atoms with E-state index in [-0.39, 0.29) is 11.3 Å². The summed E-state index contributed by atoms with van der Waals surface area (Å²) in [4.78, 5) is 25.5. The van der Waals surface area contributed by atoms with E-state index in [1.54, 1.807) is 24.3 Å². The van der Waals surface area contributed by atoms with Gasteiger partial charge in [0.25, 0.3) is 5.91 Å². The van der Waals surface area contributed by atoms with Crippen molar-refractivity contribution in [2.24, 2.45) is 0 Å². The molecule has 1 aliphatic rings. The lowest BCUT2D eigenvalue weighted by Gasteiger charge is -2.14. The molecular weight excluding hydrogens is 301 g/mol. The number of aliphatic hydroxyl groups excluding tert-OH is 1. The van der Waals surface area contributed by atoms with Crippen LogP contribution in [-0.2, 0) is 9.59 Å². The number of halogens is 1. The second-order valence-corrected chi connectivity index (χ2v) is 4.87. The molecule has 23 heavy (non-hydrogen) atoms. The first kappa shape index (κ1) is 14.8. The molecule has 0 saturated heterocycles. The maximum atomic E-state index is 13.0. The van der Waals surface area contributed by atoms with E-state index in [1.165, 1.54) is 19.2 Å². The Balaban J connectivity index is 2.00. The first-order valence-corrected chi connectivity index (χ1v) is 6.75. The predicted molar refractivity (Wildman–Crippen MR) is 81.4 cm³/mol. The van der Waals surface area contributed by atoms with Crippen LogP contribution in [0.1, 0.15) is 5.56 Å². The number of nitrogens with zero attached hydrogens (tertiary/aromatic N) is 1. The Labute approximate surface area is 131 Å². The van der Waals surface area contributed by atoms with Crippen LogP contribution in [-0.4, -0.2) is 24.0 Å². The van der Waals surface area contributed by atoms with Crippen LogP contribution in [0.25, 0.3) is 5.57 Å². The van der Waals surface area contributed by atoms with Gasteiger partial charge in [-0.3, -0.25) is 9.59 Å². The van der Waals surface area contributed by atoms with E-state index in [0.29, 0.717) is 11.3 Å². The van der Waals surface area contributed by atoms with Crippen LogP contribution >= 0.6 is 0 Å². The molecule has 3 rings (SSSR count). The smallest absolute Gasteiger partial charge is 0.301 e. The van der Waals surface area contributed by atoms with Gasteiger partial charge in [-0.15, -0.1) is 0 Å². The molecule has 0 aromatic heterocycles. The highest BCUT2D eigenvalue weighted by Crippen LogP contribution is 2.32. The van der Waals surface area contributed by atoms with Gasteiger partial charge in [0, 0.05) is 0 Å². The molecule has 2 aromatic rings. The van der Waals surface area contributed by atoms with Gasteiger partial charge in [0.1, 0.15) is 11.6 Å². The van der Waals surface area contributed by atoms with E-state index >= 15 is 0 Å². The van der Waals surface area contributed by atoms with Crippen LogP contribution in [0.15, 0.2) is 54.3 Å². The molecule has 1 aliphatic heterocycles. The average Bonchev–Trinajstić information content (AvgIpc) is 2.78. The fraction of sp³-hybridized carbons (Fsp3) is 0.0588. The summed E-state index contributed by atoms with van der Waals surface area (Å²) in [6.45, 7) is 0. The van der Waals surface area contributed by atoms with Crippen molar-refractivity contribution in [3.8, 4) is 5.75 Å². The second-order valence-electron chi connectivity index (χ2n) is 4.87. The van der Waals surface area contributed by atoms with Crippen LogP contribution in [0.4, 0.5) is 10.1 Å². The number of hydrogen-bond donors (Lipinski definition) is 1. The summed E-state index contributed by atoms with van der Waals surface area (Å²) in [6.07, 6.45) is 0. The Hall–Kier alpha value is -3.15. The zero-order valence-corrected chi connectivity index (χ0v) is 12.1. The summed E-state index contributed by atoms with van der Waals surface area (Å²) in [5.74, 6) is -2.04. The van der Waals surface area contributed by atoms with Gasteiger partial charge in [-0.05, 0) is 42.0 Å². The Morgan fingerprint density at radius 2 is 1.57 bits per heavy atom. The zero-order chi connectivity index (χ0) is 16.6. The molecule has 2 amide bonds. The van der Waals surface area contributed by atoms with E-state index in [0.717, 1.165) is 17.0 Å². The highest BCUT2D eigenvalue weighted by Gasteiger charge is 2.40. The summed E-state index contributed by atoms with van der Waals surface area (Å²) in [5, 5.41) is 10.1. The van der Waals surface area contributed by atoms with Crippen molar-refractivity contribution < 1.29 is 23.8 Å². The van der Waals surface area contributed by atoms with Gasteiger partial charge in [-0.1, -0.05) is 12.1 Å². The van der Waals surface area contributed by atoms with E-state index < -0.39 is 23.4 Å². The SMILES string of the molecule is COc1ccc(C2=C(O)C(=O)N(c3ccc(F)cc3)C2=O)cc1. The Morgan fingerprint density at radius 3 is 2.13 bits per heavy atom. The van der Waals surface area contributed by atoms with Gasteiger partial charge >= 0.3 is 5.91 Å². The van der Waals surface area contributed by atoms with Gasteiger partial charge in [0.15, 0.2) is 5.76 Å². The lowest BCUT2D eigenvalue weighted by Crippen LogP contribution is -2.31. The van der Waals surface area contributed by atoms with Gasteiger partial charge < -0.3 is 9.84 Å². The van der Waals surface area contributed by atoms with E-state index in [2.05, 4.69) is 0 Å². The molecule has 0 fully saturated rings. The molecule has 116 valence electrons. The quantitative estimate of drug-likeness (QED) is 0.885. The fourth-order valence-corrected chi connectivity index (χ4v) is 2.36. The molecule has 0 aliphatic carbocycles. The predicted octanol–water partition coefficient (Wildman–Crippen LogP) is 2.68. The molecule has 0 radical (unpaired) electrons. The van der Waals surface area contributed by atoms with Crippen molar-refractivity contribution in [3.05, 3.63) is 65.7 Å². The van der Waals surface area contributed by atoms with Crippen molar-refractivity contribution in [2.75, 3.05) is 12.0 Å². The second kappa shape index (κ2) is 5.57. The van der Waals surface area contributed by atoms with Crippen molar-refractivity contribution in [3.63, 3.8) is 0 Å². The van der Waals surface area contributed by atoms with Gasteiger partial charge in [-0.2, -0.15) is 0 Å². The molecular formula is C17H12FNO4. The molecule has 0 spiro atoms. The standard InChI is InChI=1S/C17H12FNO4/c1-23-13-8-2-10(3-9-13)14-15(20)17(22)19(16(14)21)12-6-4-11(18)5-7-12/h2-9,20H,1H3. The molecule has 1 N–H and O–H groups in total. The van der Waals surface area contributed by atoms with Crippen molar-refractivity contribution in [1.29, 1.82) is 0 Å². The Kier molecular flexibility index (Phi) is 3.57. The van der Waals surface area contributed by atoms with E-state index in [9.17, 15) is 19.1 Å². The highest BCUT2D eigenvalue weighted by atomic mass is 19.1. The first-order chi connectivity index (χ1) is 11.0. The van der Waals surface area contributed by atoms with Crippen LogP contribution in [0.2, 0.25) is 0 Å². The number of benzene rings is 2. The summed E-state index contributed by atoms with van der Waals surface area (Å²) in [7, 11) is 1.51. The number of carbonyl (C=O) groups is 2. The summed E-state index contributed by atoms with van der Waals surface area (Å²) in [6, 6.07) is 11.3. The Bertz CT molecular complexity index is 809. The van der Waals surface area contributed by atoms with Crippen molar-refractivity contribution >= 4 is 23.1 Å². The molecule has 6 heteroatoms. The number of amides is 2. The maximum absolute atomic E-state index is 13.0. The minimum absolute atomic E-state index is 0.0954. The minimum atomic E-state index is -0.840. The fourth-order valence-electron chi connectivity index (χ4n) is 2.36. The van der Waals surface area contributed by atoms with Crippen LogP contribution in [0.3, 0.4) is 0 Å². The largest absolute Gasteiger partial charge is 0.502 e. The molecule has 0 bridgehead atoms. The third-order valence-corrected chi connectivity index (χ3v) is 3.52. The summed E-state index contributed by atoms with van der Waals surface area (Å²) in [5.41, 5.74) is 0.490. The minimum Gasteiger partial charge on any atom is -0.502 e. The lowest BCUT2D eigenvalue weighted by atomic mass is 10.1. The zero-order valence-electron chi connectivity index (χ0n) is 12.1. The number of ether oxygens (including phenoxy) is 1. The van der Waals surface area contributed by atoms with Crippen molar-refractivity contribution in [2.45, 2.75) is 0 Å². The first-order valence-electron chi connectivity index (χ1n) is 6.75. The molecule has 1 heterocycles. The summed E-state index contributed by atoms with van der Waals surface area (Å²) < 4.78 is 18.0. The Morgan fingerprint density at radius 1 is 0.957 bits per heavy atom. The van der Waals surface area contributed by atoms with Gasteiger partial charge in [0.05, 0.1) is 18.4 Å². The van der Waals surface area contributed by atoms with Crippen LogP contribution < -0.4 is 9.64 Å². The topological polar surface area (TPSA) is 66.8 Å². The van der Waals surface area contributed by atoms with Crippen LogP contribution in [0, 0.1) is 5.82 Å². The molecule has 0 unspecified atom stereocenters. The average molecular weight is 313 g/mol. The summed E-state index contributed by atoms with van der Waals surface area (Å²) >= 11 is 0. The number of carbonyl (C=O) groups excluding carboxylic acids is 2. The normalized spacial score (nSPS) is 14.6. The highest BCUT2D eigenvalue weighted by molar-refractivity contribution is 6.44. The number of anilines is 1. The number of hydrogen-bond acceptors (Lipinski definition) is 4. The molecule has 0 atom stereocenters. The van der Waals surface area contributed by atoms with Crippen LogP contribution in [0.5, 0.6) is 5.75 Å². The van der Waals surface area contributed by atoms with Gasteiger partial charge in [0.2, 0.25) is 0 Å². The number of rotatable bonds is 3. The van der Waals surface area contributed by atoms with Crippen molar-refractivity contribution in [1.82, 2.24) is 0 Å². The number of imide groups is 1. The third-order valence-electron chi connectivity index (χ3n) is 3.52. The monoisotopic (exact) mass is 313 g/mol. The van der Waals surface area contributed by atoms with Gasteiger partial charge in [-0.25, -0.2) is 9.29 Å². The van der Waals surface area contributed by atoms with E-state index in [1.807, 2.05) is 0 Å².